The minimum Gasteiger partial charge on any atom is -0.459 e. The molecule has 0 saturated carbocycles. The number of benzene rings is 1. The first-order valence-corrected chi connectivity index (χ1v) is 5.21. The Kier molecular flexibility index (Phi) is 2.44. The maximum Gasteiger partial charge on any atom is 0.132 e. The lowest BCUT2D eigenvalue weighted by Crippen LogP contribution is -2.07. The van der Waals surface area contributed by atoms with E-state index in [1.807, 2.05) is 25.1 Å². The topological polar surface area (TPSA) is 21.3 Å². The van der Waals surface area contributed by atoms with Crippen molar-refractivity contribution in [2.75, 3.05) is 0 Å². The molecule has 13 heavy (non-hydrogen) atoms. The zero-order valence-electron chi connectivity index (χ0n) is 7.30. The molecule has 68 valence electrons. The summed E-state index contributed by atoms with van der Waals surface area (Å²) in [5.41, 5.74) is 1.20. The van der Waals surface area contributed by atoms with Crippen LogP contribution in [0.1, 0.15) is 12.5 Å². The first kappa shape index (κ1) is 8.87. The predicted octanol–water partition coefficient (Wildman–Crippen LogP) is 2.79. The van der Waals surface area contributed by atoms with E-state index in [9.17, 15) is 0 Å². The molecule has 0 aromatic heterocycles. The lowest BCUT2D eigenvalue weighted by molar-refractivity contribution is 0.425. The minimum atomic E-state index is 0.839. The van der Waals surface area contributed by atoms with E-state index in [-0.39, 0.29) is 0 Å². The van der Waals surface area contributed by atoms with Crippen LogP contribution in [-0.2, 0) is 6.54 Å². The minimum absolute atomic E-state index is 0.839. The average Bonchev–Trinajstić information content (AvgIpc) is 2.28. The van der Waals surface area contributed by atoms with Gasteiger partial charge in [-0.3, -0.25) is 0 Å². The number of allylic oxidation sites excluding steroid dienone is 1. The van der Waals surface area contributed by atoms with Gasteiger partial charge in [-0.1, -0.05) is 18.2 Å². The Morgan fingerprint density at radius 1 is 1.38 bits per heavy atom. The Morgan fingerprint density at radius 3 is 3.00 bits per heavy atom. The van der Waals surface area contributed by atoms with Gasteiger partial charge < -0.3 is 10.1 Å². The SMILES string of the molecule is CC1=C(I)NCc2ccccc2O1. The first-order chi connectivity index (χ1) is 6.27. The van der Waals surface area contributed by atoms with Gasteiger partial charge in [0.25, 0.3) is 0 Å². The zero-order valence-corrected chi connectivity index (χ0v) is 9.46. The Labute approximate surface area is 91.1 Å². The van der Waals surface area contributed by atoms with Gasteiger partial charge in [-0.25, -0.2) is 0 Å². The summed E-state index contributed by atoms with van der Waals surface area (Å²) < 4.78 is 6.76. The summed E-state index contributed by atoms with van der Waals surface area (Å²) in [5, 5.41) is 3.29. The van der Waals surface area contributed by atoms with Gasteiger partial charge in [-0.15, -0.1) is 0 Å². The maximum absolute atomic E-state index is 5.68. The molecular formula is C10H10INO. The number of fused-ring (bicyclic) bond motifs is 1. The van der Waals surface area contributed by atoms with Gasteiger partial charge in [-0.05, 0) is 35.6 Å². The molecule has 0 atom stereocenters. The molecule has 0 saturated heterocycles. The van der Waals surface area contributed by atoms with Gasteiger partial charge in [0, 0.05) is 12.1 Å². The Morgan fingerprint density at radius 2 is 2.15 bits per heavy atom. The molecule has 1 aliphatic rings. The highest BCUT2D eigenvalue weighted by molar-refractivity contribution is 14.1. The van der Waals surface area contributed by atoms with Gasteiger partial charge >= 0.3 is 0 Å². The van der Waals surface area contributed by atoms with Crippen LogP contribution in [0.4, 0.5) is 0 Å². The highest BCUT2D eigenvalue weighted by Crippen LogP contribution is 2.25. The van der Waals surface area contributed by atoms with Crippen LogP contribution in [0.25, 0.3) is 0 Å². The molecule has 0 fully saturated rings. The van der Waals surface area contributed by atoms with E-state index in [2.05, 4.69) is 34.0 Å². The molecule has 0 radical (unpaired) electrons. The second-order valence-corrected chi connectivity index (χ2v) is 4.01. The van der Waals surface area contributed by atoms with E-state index in [0.717, 1.165) is 21.8 Å². The van der Waals surface area contributed by atoms with Gasteiger partial charge in [0.2, 0.25) is 0 Å². The summed E-state index contributed by atoms with van der Waals surface area (Å²) in [6.45, 7) is 2.81. The van der Waals surface area contributed by atoms with Crippen molar-refractivity contribution in [3.63, 3.8) is 0 Å². The molecule has 0 spiro atoms. The van der Waals surface area contributed by atoms with Crippen LogP contribution in [0, 0.1) is 0 Å². The van der Waals surface area contributed by atoms with E-state index < -0.39 is 0 Å². The summed E-state index contributed by atoms with van der Waals surface area (Å²) in [6, 6.07) is 8.09. The normalized spacial score (nSPS) is 15.5. The summed E-state index contributed by atoms with van der Waals surface area (Å²) in [5.74, 6) is 1.89. The third-order valence-corrected chi connectivity index (χ3v) is 3.12. The van der Waals surface area contributed by atoms with Crippen molar-refractivity contribution in [3.8, 4) is 5.75 Å². The van der Waals surface area contributed by atoms with E-state index in [0.29, 0.717) is 0 Å². The van der Waals surface area contributed by atoms with Crippen molar-refractivity contribution in [3.05, 3.63) is 39.3 Å². The molecule has 2 nitrogen and oxygen atoms in total. The fourth-order valence-electron chi connectivity index (χ4n) is 1.26. The van der Waals surface area contributed by atoms with Crippen LogP contribution in [0.2, 0.25) is 0 Å². The Bertz CT molecular complexity index is 360. The predicted molar refractivity (Wildman–Crippen MR) is 60.6 cm³/mol. The van der Waals surface area contributed by atoms with Gasteiger partial charge in [0.15, 0.2) is 0 Å². The van der Waals surface area contributed by atoms with E-state index in [1.165, 1.54) is 5.56 Å². The highest BCUT2D eigenvalue weighted by Gasteiger charge is 2.10. The number of rotatable bonds is 0. The largest absolute Gasteiger partial charge is 0.459 e. The van der Waals surface area contributed by atoms with Gasteiger partial charge in [0.1, 0.15) is 15.2 Å². The van der Waals surface area contributed by atoms with Crippen LogP contribution in [-0.4, -0.2) is 0 Å². The smallest absolute Gasteiger partial charge is 0.132 e. The molecule has 0 amide bonds. The lowest BCUT2D eigenvalue weighted by atomic mass is 10.2. The number of hydrogen-bond donors (Lipinski definition) is 1. The summed E-state index contributed by atoms with van der Waals surface area (Å²) >= 11 is 2.25. The van der Waals surface area contributed by atoms with Crippen LogP contribution >= 0.6 is 22.6 Å². The van der Waals surface area contributed by atoms with E-state index in [4.69, 9.17) is 4.74 Å². The molecule has 1 aromatic carbocycles. The number of nitrogens with one attached hydrogen (secondary N) is 1. The Hall–Kier alpha value is -0.710. The van der Waals surface area contributed by atoms with Crippen molar-refractivity contribution in [2.24, 2.45) is 0 Å². The molecule has 0 unspecified atom stereocenters. The van der Waals surface area contributed by atoms with Crippen LogP contribution in [0.5, 0.6) is 5.75 Å². The molecule has 0 aliphatic carbocycles. The monoisotopic (exact) mass is 287 g/mol. The molecule has 3 heteroatoms. The molecule has 1 aromatic rings. The second-order valence-electron chi connectivity index (χ2n) is 2.93. The second kappa shape index (κ2) is 3.57. The fraction of sp³-hybridized carbons (Fsp3) is 0.200. The highest BCUT2D eigenvalue weighted by atomic mass is 127. The van der Waals surface area contributed by atoms with Crippen molar-refractivity contribution < 1.29 is 4.74 Å². The fourth-order valence-corrected chi connectivity index (χ4v) is 1.56. The van der Waals surface area contributed by atoms with Gasteiger partial charge in [0.05, 0.1) is 0 Å². The molecule has 0 bridgehead atoms. The molecule has 1 heterocycles. The van der Waals surface area contributed by atoms with Crippen LogP contribution in [0.3, 0.4) is 0 Å². The number of para-hydroxylation sites is 1. The van der Waals surface area contributed by atoms with Crippen molar-refractivity contribution >= 4 is 22.6 Å². The quantitative estimate of drug-likeness (QED) is 0.585. The van der Waals surface area contributed by atoms with Crippen LogP contribution in [0.15, 0.2) is 33.7 Å². The number of halogens is 1. The molecule has 1 aliphatic heterocycles. The summed E-state index contributed by atoms with van der Waals surface area (Å²) in [6.07, 6.45) is 0. The standard InChI is InChI=1S/C10H10INO/c1-7-10(11)12-6-8-4-2-3-5-9(8)13-7/h2-5,12H,6H2,1H3. The number of ether oxygens (including phenoxy) is 1. The number of hydrogen-bond acceptors (Lipinski definition) is 2. The van der Waals surface area contributed by atoms with Gasteiger partial charge in [-0.2, -0.15) is 0 Å². The van der Waals surface area contributed by atoms with Crippen molar-refractivity contribution in [2.45, 2.75) is 13.5 Å². The van der Waals surface area contributed by atoms with E-state index >= 15 is 0 Å². The van der Waals surface area contributed by atoms with Crippen molar-refractivity contribution in [1.82, 2.24) is 5.32 Å². The summed E-state index contributed by atoms with van der Waals surface area (Å²) in [4.78, 5) is 0. The Balaban J connectivity index is 2.39. The summed E-state index contributed by atoms with van der Waals surface area (Å²) in [7, 11) is 0. The average molecular weight is 287 g/mol. The maximum atomic E-state index is 5.68. The third-order valence-electron chi connectivity index (χ3n) is 1.98. The lowest BCUT2D eigenvalue weighted by Gasteiger charge is -2.05. The first-order valence-electron chi connectivity index (χ1n) is 4.13. The van der Waals surface area contributed by atoms with E-state index in [1.54, 1.807) is 0 Å². The molecular weight excluding hydrogens is 277 g/mol. The van der Waals surface area contributed by atoms with Crippen molar-refractivity contribution in [1.29, 1.82) is 0 Å². The zero-order chi connectivity index (χ0) is 9.26. The third kappa shape index (κ3) is 1.80. The van der Waals surface area contributed by atoms with Crippen LogP contribution < -0.4 is 10.1 Å². The molecule has 2 rings (SSSR count). The molecule has 1 N–H and O–H groups in total.